The Hall–Kier alpha value is -0.0800. The van der Waals surface area contributed by atoms with E-state index < -0.39 is 0 Å². The highest BCUT2D eigenvalue weighted by atomic mass is 15.3. The van der Waals surface area contributed by atoms with Crippen molar-refractivity contribution in [2.45, 2.75) is 105 Å². The van der Waals surface area contributed by atoms with Gasteiger partial charge in [-0.25, -0.2) is 0 Å². The van der Waals surface area contributed by atoms with E-state index in [0.717, 1.165) is 17.9 Å². The van der Waals surface area contributed by atoms with Crippen molar-refractivity contribution >= 4 is 0 Å². The van der Waals surface area contributed by atoms with Gasteiger partial charge in [-0.2, -0.15) is 0 Å². The Morgan fingerprint density at radius 1 is 0.875 bits per heavy atom. The summed E-state index contributed by atoms with van der Waals surface area (Å²) in [4.78, 5) is 5.35. The second-order valence-electron chi connectivity index (χ2n) is 9.21. The average Bonchev–Trinajstić information content (AvgIpc) is 2.52. The zero-order chi connectivity index (χ0) is 17.9. The highest BCUT2D eigenvalue weighted by molar-refractivity contribution is 4.81. The standard InChI is InChI=1S/C18H36N2.C4H10/c1-16(2)20-14-13-19(15-17(20)3)12-8-7-11-18-9-5-4-6-10-18;1-4(2)3/h16-18H,4-15H2,1-3H3;4H,1-3H3. The third-order valence-electron chi connectivity index (χ3n) is 5.49. The molecule has 0 aromatic carbocycles. The number of hydrogen-bond acceptors (Lipinski definition) is 2. The molecule has 0 N–H and O–H groups in total. The van der Waals surface area contributed by atoms with Crippen molar-refractivity contribution in [2.75, 3.05) is 26.2 Å². The molecule has 2 rings (SSSR count). The predicted octanol–water partition coefficient (Wildman–Crippen LogP) is 5.81. The molecule has 2 nitrogen and oxygen atoms in total. The van der Waals surface area contributed by atoms with Crippen LogP contribution in [0.25, 0.3) is 0 Å². The third kappa shape index (κ3) is 9.42. The molecule has 0 aromatic rings. The van der Waals surface area contributed by atoms with Gasteiger partial charge in [0.05, 0.1) is 0 Å². The maximum atomic E-state index is 2.70. The van der Waals surface area contributed by atoms with E-state index in [0.29, 0.717) is 6.04 Å². The Labute approximate surface area is 153 Å². The number of rotatable bonds is 6. The van der Waals surface area contributed by atoms with Crippen LogP contribution in [0.4, 0.5) is 0 Å². The average molecular weight is 339 g/mol. The molecule has 144 valence electrons. The lowest BCUT2D eigenvalue weighted by molar-refractivity contribution is 0.0592. The van der Waals surface area contributed by atoms with Gasteiger partial charge < -0.3 is 4.90 Å². The van der Waals surface area contributed by atoms with Crippen molar-refractivity contribution in [1.82, 2.24) is 9.80 Å². The molecule has 1 unspecified atom stereocenters. The summed E-state index contributed by atoms with van der Waals surface area (Å²) in [5.41, 5.74) is 0. The summed E-state index contributed by atoms with van der Waals surface area (Å²) in [7, 11) is 0. The van der Waals surface area contributed by atoms with E-state index in [1.165, 1.54) is 77.5 Å². The molecule has 1 saturated carbocycles. The van der Waals surface area contributed by atoms with Crippen LogP contribution in [0.2, 0.25) is 0 Å². The molecule has 2 heteroatoms. The minimum atomic E-state index is 0.707. The fourth-order valence-electron chi connectivity index (χ4n) is 4.26. The van der Waals surface area contributed by atoms with E-state index in [1.807, 2.05) is 0 Å². The van der Waals surface area contributed by atoms with E-state index >= 15 is 0 Å². The van der Waals surface area contributed by atoms with Gasteiger partial charge >= 0.3 is 0 Å². The Morgan fingerprint density at radius 3 is 2.04 bits per heavy atom. The molecule has 0 amide bonds. The zero-order valence-electron chi connectivity index (χ0n) is 17.7. The first-order valence-electron chi connectivity index (χ1n) is 10.9. The number of hydrogen-bond donors (Lipinski definition) is 0. The van der Waals surface area contributed by atoms with Crippen molar-refractivity contribution in [3.05, 3.63) is 0 Å². The molecular formula is C22H46N2. The van der Waals surface area contributed by atoms with Crippen molar-refractivity contribution < 1.29 is 0 Å². The first-order chi connectivity index (χ1) is 11.4. The van der Waals surface area contributed by atoms with Gasteiger partial charge in [0.15, 0.2) is 0 Å². The molecule has 0 bridgehead atoms. The van der Waals surface area contributed by atoms with Crippen LogP contribution in [-0.4, -0.2) is 48.1 Å². The largest absolute Gasteiger partial charge is 0.301 e. The summed E-state index contributed by atoms with van der Waals surface area (Å²) in [5, 5.41) is 0. The van der Waals surface area contributed by atoms with Gasteiger partial charge in [0, 0.05) is 31.7 Å². The summed E-state index contributed by atoms with van der Waals surface area (Å²) < 4.78 is 0. The Morgan fingerprint density at radius 2 is 1.50 bits per heavy atom. The summed E-state index contributed by atoms with van der Waals surface area (Å²) in [5.74, 6) is 1.90. The molecule has 0 radical (unpaired) electrons. The molecule has 2 aliphatic rings. The van der Waals surface area contributed by atoms with Crippen LogP contribution in [0.5, 0.6) is 0 Å². The molecule has 1 aliphatic carbocycles. The first-order valence-corrected chi connectivity index (χ1v) is 10.9. The van der Waals surface area contributed by atoms with Crippen LogP contribution in [0.1, 0.15) is 92.9 Å². The molecule has 1 aliphatic heterocycles. The van der Waals surface area contributed by atoms with Gasteiger partial charge in [-0.05, 0) is 45.6 Å². The molecule has 24 heavy (non-hydrogen) atoms. The molecule has 1 saturated heterocycles. The minimum absolute atomic E-state index is 0.707. The van der Waals surface area contributed by atoms with Crippen molar-refractivity contribution in [3.63, 3.8) is 0 Å². The summed E-state index contributed by atoms with van der Waals surface area (Å²) in [6.07, 6.45) is 11.9. The van der Waals surface area contributed by atoms with Crippen molar-refractivity contribution in [3.8, 4) is 0 Å². The van der Waals surface area contributed by atoms with E-state index in [-0.39, 0.29) is 0 Å². The van der Waals surface area contributed by atoms with Gasteiger partial charge in [-0.15, -0.1) is 0 Å². The lowest BCUT2D eigenvalue weighted by Gasteiger charge is -2.42. The quantitative estimate of drug-likeness (QED) is 0.564. The smallest absolute Gasteiger partial charge is 0.0198 e. The van der Waals surface area contributed by atoms with Crippen LogP contribution >= 0.6 is 0 Å². The van der Waals surface area contributed by atoms with E-state index in [9.17, 15) is 0 Å². The lowest BCUT2D eigenvalue weighted by atomic mass is 9.86. The fourth-order valence-corrected chi connectivity index (χ4v) is 4.26. The lowest BCUT2D eigenvalue weighted by Crippen LogP contribution is -2.54. The van der Waals surface area contributed by atoms with Crippen molar-refractivity contribution in [2.24, 2.45) is 11.8 Å². The topological polar surface area (TPSA) is 6.48 Å². The van der Waals surface area contributed by atoms with Gasteiger partial charge in [0.1, 0.15) is 0 Å². The van der Waals surface area contributed by atoms with Gasteiger partial charge in [0.25, 0.3) is 0 Å². The minimum Gasteiger partial charge on any atom is -0.301 e. The third-order valence-corrected chi connectivity index (χ3v) is 5.49. The van der Waals surface area contributed by atoms with E-state index in [1.54, 1.807) is 0 Å². The highest BCUT2D eigenvalue weighted by Gasteiger charge is 2.24. The number of nitrogens with zero attached hydrogens (tertiary/aromatic N) is 2. The van der Waals surface area contributed by atoms with Gasteiger partial charge in [-0.1, -0.05) is 65.7 Å². The Bertz CT molecular complexity index is 292. The monoisotopic (exact) mass is 338 g/mol. The molecule has 1 atom stereocenters. The Balaban J connectivity index is 0.000000648. The molecular weight excluding hydrogens is 292 g/mol. The molecule has 0 aromatic heterocycles. The second-order valence-corrected chi connectivity index (χ2v) is 9.21. The Kier molecular flexibility index (Phi) is 11.3. The maximum absolute atomic E-state index is 2.70. The van der Waals surface area contributed by atoms with Crippen molar-refractivity contribution in [1.29, 1.82) is 0 Å². The van der Waals surface area contributed by atoms with E-state index in [4.69, 9.17) is 0 Å². The second kappa shape index (κ2) is 12.3. The van der Waals surface area contributed by atoms with E-state index in [2.05, 4.69) is 51.3 Å². The highest BCUT2D eigenvalue weighted by Crippen LogP contribution is 2.27. The summed E-state index contributed by atoms with van der Waals surface area (Å²) in [6.45, 7) is 18.7. The van der Waals surface area contributed by atoms with Crippen LogP contribution in [0, 0.1) is 11.8 Å². The number of unbranched alkanes of at least 4 members (excludes halogenated alkanes) is 1. The van der Waals surface area contributed by atoms with Gasteiger partial charge in [0.2, 0.25) is 0 Å². The summed E-state index contributed by atoms with van der Waals surface area (Å²) >= 11 is 0. The fraction of sp³-hybridized carbons (Fsp3) is 1.00. The van der Waals surface area contributed by atoms with Crippen LogP contribution in [-0.2, 0) is 0 Å². The SMILES string of the molecule is CC(C)C.CC(C)N1CCN(CCCCC2CCCCC2)CC1C. The molecule has 0 spiro atoms. The van der Waals surface area contributed by atoms with Crippen LogP contribution in [0.15, 0.2) is 0 Å². The first kappa shape index (κ1) is 22.0. The maximum Gasteiger partial charge on any atom is 0.0198 e. The molecule has 1 heterocycles. The zero-order valence-corrected chi connectivity index (χ0v) is 17.7. The van der Waals surface area contributed by atoms with Crippen LogP contribution in [0.3, 0.4) is 0 Å². The normalized spacial score (nSPS) is 24.2. The predicted molar refractivity (Wildman–Crippen MR) is 109 cm³/mol. The van der Waals surface area contributed by atoms with Crippen LogP contribution < -0.4 is 0 Å². The van der Waals surface area contributed by atoms with Gasteiger partial charge in [-0.3, -0.25) is 4.90 Å². The summed E-state index contributed by atoms with van der Waals surface area (Å²) in [6, 6.07) is 1.44. The number of piperazine rings is 1. The molecule has 2 fully saturated rings.